The van der Waals surface area contributed by atoms with Gasteiger partial charge in [-0.1, -0.05) is 12.1 Å². The lowest BCUT2D eigenvalue weighted by Gasteiger charge is -2.26. The lowest BCUT2D eigenvalue weighted by molar-refractivity contribution is -0.117. The molecule has 2 aromatic rings. The van der Waals surface area contributed by atoms with Crippen molar-refractivity contribution in [2.75, 3.05) is 36.9 Å². The average Bonchev–Trinajstić information content (AvgIpc) is 2.79. The zero-order chi connectivity index (χ0) is 21.8. The summed E-state index contributed by atoms with van der Waals surface area (Å²) < 4.78 is 32.0. The Labute approximate surface area is 181 Å². The maximum atomic E-state index is 12.7. The quantitative estimate of drug-likeness (QED) is 0.712. The van der Waals surface area contributed by atoms with E-state index in [1.165, 1.54) is 4.31 Å². The van der Waals surface area contributed by atoms with Crippen LogP contribution >= 0.6 is 0 Å². The minimum Gasteiger partial charge on any atom is -0.379 e. The van der Waals surface area contributed by atoms with Gasteiger partial charge in [0.05, 0.1) is 18.1 Å². The van der Waals surface area contributed by atoms with Crippen molar-refractivity contribution < 1.29 is 22.7 Å². The topological polar surface area (TPSA) is 105 Å². The second-order valence-corrected chi connectivity index (χ2v) is 9.57. The Bertz CT molecular complexity index is 1080. The molecular formula is C22H25N3O5S. The number of hydrogen-bond donors (Lipinski definition) is 2. The van der Waals surface area contributed by atoms with Crippen molar-refractivity contribution in [1.82, 2.24) is 4.31 Å². The lowest BCUT2D eigenvalue weighted by Crippen LogP contribution is -2.40. The summed E-state index contributed by atoms with van der Waals surface area (Å²) in [6.45, 7) is 1.54. The molecule has 0 bridgehead atoms. The summed E-state index contributed by atoms with van der Waals surface area (Å²) in [5, 5.41) is 5.71. The van der Waals surface area contributed by atoms with Gasteiger partial charge in [-0.3, -0.25) is 9.59 Å². The van der Waals surface area contributed by atoms with Crippen LogP contribution in [0.25, 0.3) is 0 Å². The fourth-order valence-corrected chi connectivity index (χ4v) is 5.11. The first-order valence-electron chi connectivity index (χ1n) is 10.3. The van der Waals surface area contributed by atoms with Crippen molar-refractivity contribution in [3.63, 3.8) is 0 Å². The highest BCUT2D eigenvalue weighted by molar-refractivity contribution is 7.89. The van der Waals surface area contributed by atoms with Gasteiger partial charge in [-0.25, -0.2) is 8.42 Å². The molecular weight excluding hydrogens is 418 g/mol. The van der Waals surface area contributed by atoms with Gasteiger partial charge in [0, 0.05) is 37.3 Å². The molecule has 2 N–H and O–H groups in total. The number of amides is 2. The third-order valence-corrected chi connectivity index (χ3v) is 7.37. The molecule has 0 spiro atoms. The number of nitrogens with zero attached hydrogens (tertiary/aromatic N) is 1. The molecule has 0 atom stereocenters. The summed E-state index contributed by atoms with van der Waals surface area (Å²) in [7, 11) is -3.51. The van der Waals surface area contributed by atoms with Crippen LogP contribution in [0.1, 0.15) is 24.0 Å². The molecule has 2 aliphatic rings. The van der Waals surface area contributed by atoms with Gasteiger partial charge in [0.15, 0.2) is 0 Å². The largest absolute Gasteiger partial charge is 0.379 e. The van der Waals surface area contributed by atoms with Crippen molar-refractivity contribution in [3.8, 4) is 0 Å². The summed E-state index contributed by atoms with van der Waals surface area (Å²) in [6, 6.07) is 12.2. The molecule has 9 heteroatoms. The van der Waals surface area contributed by atoms with E-state index >= 15 is 0 Å². The van der Waals surface area contributed by atoms with Crippen molar-refractivity contribution >= 4 is 33.2 Å². The van der Waals surface area contributed by atoms with Gasteiger partial charge in [-0.15, -0.1) is 0 Å². The van der Waals surface area contributed by atoms with Gasteiger partial charge in [0.25, 0.3) is 0 Å². The number of aryl methyl sites for hydroxylation is 2. The SMILES string of the molecule is O=C(CCc1ccc(S(=O)(=O)N2CCOCC2)cc1)Nc1ccc2c(c1)CCC(=O)N2. The number of nitrogens with one attached hydrogen (secondary N) is 2. The van der Waals surface area contributed by atoms with Gasteiger partial charge in [0.2, 0.25) is 21.8 Å². The first-order valence-corrected chi connectivity index (χ1v) is 11.8. The number of carbonyl (C=O) groups is 2. The summed E-state index contributed by atoms with van der Waals surface area (Å²) in [5.41, 5.74) is 3.40. The summed E-state index contributed by atoms with van der Waals surface area (Å²) in [5.74, 6) is -0.113. The third kappa shape index (κ3) is 5.12. The highest BCUT2D eigenvalue weighted by atomic mass is 32.2. The van der Waals surface area contributed by atoms with Crippen LogP contribution in [0.5, 0.6) is 0 Å². The van der Waals surface area contributed by atoms with Crippen LogP contribution in [-0.2, 0) is 37.2 Å². The smallest absolute Gasteiger partial charge is 0.243 e. The van der Waals surface area contributed by atoms with Gasteiger partial charge in [-0.05, 0) is 54.3 Å². The van der Waals surface area contributed by atoms with E-state index in [4.69, 9.17) is 4.74 Å². The van der Waals surface area contributed by atoms with Crippen LogP contribution in [0, 0.1) is 0 Å². The van der Waals surface area contributed by atoms with Crippen molar-refractivity contribution in [2.45, 2.75) is 30.6 Å². The van der Waals surface area contributed by atoms with Crippen molar-refractivity contribution in [1.29, 1.82) is 0 Å². The van der Waals surface area contributed by atoms with Gasteiger partial charge in [0.1, 0.15) is 0 Å². The van der Waals surface area contributed by atoms with Crippen LogP contribution in [0.4, 0.5) is 11.4 Å². The average molecular weight is 444 g/mol. The maximum absolute atomic E-state index is 12.7. The molecule has 31 heavy (non-hydrogen) atoms. The Balaban J connectivity index is 1.32. The van der Waals surface area contributed by atoms with E-state index in [1.807, 2.05) is 6.07 Å². The van der Waals surface area contributed by atoms with E-state index in [2.05, 4.69) is 10.6 Å². The van der Waals surface area contributed by atoms with E-state index in [-0.39, 0.29) is 23.1 Å². The van der Waals surface area contributed by atoms with E-state index in [0.717, 1.165) is 16.8 Å². The maximum Gasteiger partial charge on any atom is 0.243 e. The van der Waals surface area contributed by atoms with Crippen LogP contribution in [0.15, 0.2) is 47.4 Å². The highest BCUT2D eigenvalue weighted by Gasteiger charge is 2.26. The van der Waals surface area contributed by atoms with E-state index in [0.29, 0.717) is 51.3 Å². The van der Waals surface area contributed by atoms with Gasteiger partial charge < -0.3 is 15.4 Å². The minimum atomic E-state index is -3.51. The molecule has 4 rings (SSSR count). The lowest BCUT2D eigenvalue weighted by atomic mass is 10.0. The molecule has 1 saturated heterocycles. The van der Waals surface area contributed by atoms with Crippen molar-refractivity contribution in [3.05, 3.63) is 53.6 Å². The fraction of sp³-hybridized carbons (Fsp3) is 0.364. The number of morpholine rings is 1. The number of sulfonamides is 1. The molecule has 0 radical (unpaired) electrons. The Hall–Kier alpha value is -2.75. The Kier molecular flexibility index (Phi) is 6.35. The van der Waals surface area contributed by atoms with Crippen LogP contribution < -0.4 is 10.6 Å². The molecule has 0 unspecified atom stereocenters. The third-order valence-electron chi connectivity index (χ3n) is 5.46. The molecule has 0 aromatic heterocycles. The second-order valence-electron chi connectivity index (χ2n) is 7.63. The van der Waals surface area contributed by atoms with E-state index in [9.17, 15) is 18.0 Å². The normalized spacial score (nSPS) is 17.0. The first kappa shape index (κ1) is 21.5. The fourth-order valence-electron chi connectivity index (χ4n) is 3.71. The van der Waals surface area contributed by atoms with Crippen LogP contribution in [-0.4, -0.2) is 50.8 Å². The number of rotatable bonds is 6. The van der Waals surface area contributed by atoms with Crippen LogP contribution in [0.3, 0.4) is 0 Å². The molecule has 164 valence electrons. The van der Waals surface area contributed by atoms with E-state index in [1.54, 1.807) is 36.4 Å². The number of ether oxygens (including phenoxy) is 1. The molecule has 0 aliphatic carbocycles. The molecule has 0 saturated carbocycles. The van der Waals surface area contributed by atoms with Crippen molar-refractivity contribution in [2.24, 2.45) is 0 Å². The standard InChI is InChI=1S/C22H25N3O5S/c26-21(23-18-5-8-20-17(15-18)4-10-22(27)24-20)9-3-16-1-6-19(7-2-16)31(28,29)25-11-13-30-14-12-25/h1-2,5-8,15H,3-4,9-14H2,(H,23,26)(H,24,27). The Morgan fingerprint density at radius 3 is 2.55 bits per heavy atom. The van der Waals surface area contributed by atoms with Gasteiger partial charge >= 0.3 is 0 Å². The predicted molar refractivity (Wildman–Crippen MR) is 116 cm³/mol. The molecule has 8 nitrogen and oxygen atoms in total. The minimum absolute atomic E-state index is 0.00745. The predicted octanol–water partition coefficient (Wildman–Crippen LogP) is 2.16. The first-order chi connectivity index (χ1) is 14.9. The molecule has 2 aliphatic heterocycles. The summed E-state index contributed by atoms with van der Waals surface area (Å²) in [6.07, 6.45) is 1.89. The van der Waals surface area contributed by atoms with Crippen LogP contribution in [0.2, 0.25) is 0 Å². The molecule has 1 fully saturated rings. The number of anilines is 2. The zero-order valence-corrected chi connectivity index (χ0v) is 17.9. The monoisotopic (exact) mass is 443 g/mol. The number of hydrogen-bond acceptors (Lipinski definition) is 5. The zero-order valence-electron chi connectivity index (χ0n) is 17.1. The molecule has 2 aromatic carbocycles. The Morgan fingerprint density at radius 1 is 1.06 bits per heavy atom. The number of benzene rings is 2. The molecule has 2 heterocycles. The number of fused-ring (bicyclic) bond motifs is 1. The summed E-state index contributed by atoms with van der Waals surface area (Å²) >= 11 is 0. The molecule has 2 amide bonds. The number of carbonyl (C=O) groups excluding carboxylic acids is 2. The highest BCUT2D eigenvalue weighted by Crippen LogP contribution is 2.26. The van der Waals surface area contributed by atoms with Gasteiger partial charge in [-0.2, -0.15) is 4.31 Å². The summed E-state index contributed by atoms with van der Waals surface area (Å²) in [4.78, 5) is 24.0. The Morgan fingerprint density at radius 2 is 1.81 bits per heavy atom. The van der Waals surface area contributed by atoms with E-state index < -0.39 is 10.0 Å². The second kappa shape index (κ2) is 9.17.